The van der Waals surface area contributed by atoms with Crippen molar-refractivity contribution in [2.45, 2.75) is 26.2 Å². The smallest absolute Gasteiger partial charge is 0.343 e. The zero-order valence-electron chi connectivity index (χ0n) is 31.9. The molecular weight excluding hydrogens is 728 g/mol. The van der Waals surface area contributed by atoms with Gasteiger partial charge >= 0.3 is 5.78 Å². The fraction of sp³-hybridized carbons (Fsp3) is 0.213. The molecule has 0 unspecified atom stereocenters. The van der Waals surface area contributed by atoms with E-state index in [1.54, 1.807) is 0 Å². The summed E-state index contributed by atoms with van der Waals surface area (Å²) in [7, 11) is -4.94. The second kappa shape index (κ2) is 20.7. The highest BCUT2D eigenvalue weighted by Crippen LogP contribution is 2.45. The van der Waals surface area contributed by atoms with Gasteiger partial charge in [-0.3, -0.25) is 4.42 Å². The van der Waals surface area contributed by atoms with Crippen LogP contribution < -0.4 is 23.4 Å². The fourth-order valence-electron chi connectivity index (χ4n) is 6.41. The van der Waals surface area contributed by atoms with Crippen molar-refractivity contribution in [3.05, 3.63) is 208 Å². The maximum atomic E-state index is 8.49. The van der Waals surface area contributed by atoms with E-state index in [9.17, 15) is 0 Å². The second-order valence-electron chi connectivity index (χ2n) is 13.3. The Bertz CT molecular complexity index is 1910. The molecule has 9 heteroatoms. The van der Waals surface area contributed by atoms with E-state index in [1.807, 2.05) is 36.5 Å². The summed E-state index contributed by atoms with van der Waals surface area (Å²) in [5, 5.41) is 0. The van der Waals surface area contributed by atoms with Crippen molar-refractivity contribution in [3.8, 4) is 5.75 Å². The highest BCUT2D eigenvalue weighted by molar-refractivity contribution is 6.01. The molecule has 0 saturated carbocycles. The van der Waals surface area contributed by atoms with Crippen LogP contribution >= 0.6 is 0 Å². The number of carbonyl (C=O) groups excluding carboxylic acids is 1. The standard InChI is InChI=1S/C47H47O4.ClHO4/c1-36-10-18-41(19-11-36)47(42-20-12-37(2)13-21-42,43-22-14-38(3)15-23-43)44-24-28-46(29-25-44)51-35-33-49-31-30-48-32-34-50-45-26-16-40(17-27-45)39-8-6-4-5-7-9-39;2-1(3,4)5/h4-29H,30-35H2,1-3H3;(H,2,3,4,5)/q+1;/p-1. The molecule has 0 N–H and O–H groups in total. The first kappa shape index (κ1) is 42.0. The second-order valence-corrected chi connectivity index (χ2v) is 14.0. The third-order valence-corrected chi connectivity index (χ3v) is 9.18. The van der Waals surface area contributed by atoms with E-state index in [1.165, 1.54) is 44.5 Å². The lowest BCUT2D eigenvalue weighted by Gasteiger charge is -2.37. The Hall–Kier alpha value is -5.16. The lowest BCUT2D eigenvalue weighted by atomic mass is 9.65. The summed E-state index contributed by atoms with van der Waals surface area (Å²) < 4.78 is 57.4. The van der Waals surface area contributed by atoms with E-state index in [-0.39, 0.29) is 0 Å². The van der Waals surface area contributed by atoms with Gasteiger partial charge in [-0.05, 0) is 78.5 Å². The summed E-state index contributed by atoms with van der Waals surface area (Å²) in [6, 6.07) is 35.3. The van der Waals surface area contributed by atoms with Crippen LogP contribution in [0, 0.1) is 31.0 Å². The summed E-state index contributed by atoms with van der Waals surface area (Å²) in [5.74, 6) is 1.64. The molecule has 0 bridgehead atoms. The largest absolute Gasteiger partial charge is 0.491 e. The summed E-state index contributed by atoms with van der Waals surface area (Å²) in [6.45, 7) is 9.32. The van der Waals surface area contributed by atoms with Crippen molar-refractivity contribution < 1.29 is 47.5 Å². The normalized spacial score (nSPS) is 13.7. The molecule has 56 heavy (non-hydrogen) atoms. The lowest BCUT2D eigenvalue weighted by molar-refractivity contribution is -2.00. The Morgan fingerprint density at radius 3 is 1.29 bits per heavy atom. The number of benzene rings is 4. The molecule has 2 aliphatic rings. The van der Waals surface area contributed by atoms with Crippen molar-refractivity contribution in [3.63, 3.8) is 0 Å². The van der Waals surface area contributed by atoms with Crippen molar-refractivity contribution >= 4 is 5.78 Å². The van der Waals surface area contributed by atoms with Gasteiger partial charge < -0.3 is 14.2 Å². The molecule has 2 aliphatic carbocycles. The number of hydrogen-bond acceptors (Lipinski definition) is 7. The third kappa shape index (κ3) is 12.4. The number of halogens is 1. The van der Waals surface area contributed by atoms with E-state index in [0.717, 1.165) is 17.1 Å². The molecule has 0 heterocycles. The van der Waals surface area contributed by atoms with E-state index in [0.29, 0.717) is 39.6 Å². The van der Waals surface area contributed by atoms with Gasteiger partial charge in [-0.25, -0.2) is 18.6 Å². The van der Waals surface area contributed by atoms with E-state index < -0.39 is 15.7 Å². The molecule has 0 atom stereocenters. The molecule has 0 amide bonds. The van der Waals surface area contributed by atoms with Crippen LogP contribution in [0.25, 0.3) is 0 Å². The van der Waals surface area contributed by atoms with Gasteiger partial charge in [0.1, 0.15) is 19.0 Å². The molecule has 0 saturated heterocycles. The number of aryl methyl sites for hydroxylation is 3. The molecule has 4 aromatic rings. The number of hydrogen-bond donors (Lipinski definition) is 0. The van der Waals surface area contributed by atoms with Crippen LogP contribution in [0.4, 0.5) is 0 Å². The molecule has 0 radical (unpaired) electrons. The van der Waals surface area contributed by atoms with Crippen molar-refractivity contribution in [1.29, 1.82) is 0 Å². The van der Waals surface area contributed by atoms with Crippen LogP contribution in [0.5, 0.6) is 5.75 Å². The number of allylic oxidation sites excluding steroid dienone is 12. The highest BCUT2D eigenvalue weighted by atomic mass is 35.7. The van der Waals surface area contributed by atoms with E-state index in [2.05, 4.69) is 142 Å². The van der Waals surface area contributed by atoms with Gasteiger partial charge in [-0.15, -0.1) is 10.2 Å². The van der Waals surface area contributed by atoms with Gasteiger partial charge in [0.15, 0.2) is 0 Å². The molecule has 290 valence electrons. The molecule has 6 rings (SSSR count). The predicted octanol–water partition coefficient (Wildman–Crippen LogP) is 4.86. The molecule has 0 spiro atoms. The quantitative estimate of drug-likeness (QED) is 0.102. The van der Waals surface area contributed by atoms with Gasteiger partial charge in [-0.1, -0.05) is 138 Å². The minimum Gasteiger partial charge on any atom is -0.491 e. The summed E-state index contributed by atoms with van der Waals surface area (Å²) in [4.78, 5) is 0. The monoisotopic (exact) mass is 774 g/mol. The Labute approximate surface area is 331 Å². The molecule has 0 aromatic heterocycles. The van der Waals surface area contributed by atoms with E-state index in [4.69, 9.17) is 37.3 Å². The third-order valence-electron chi connectivity index (χ3n) is 9.18. The van der Waals surface area contributed by atoms with Crippen LogP contribution in [-0.2, 0) is 19.3 Å². The van der Waals surface area contributed by atoms with Gasteiger partial charge in [0.2, 0.25) is 0 Å². The highest BCUT2D eigenvalue weighted by Gasteiger charge is 2.38. The Kier molecular flexibility index (Phi) is 15.5. The molecule has 8 nitrogen and oxygen atoms in total. The SMILES string of the molecule is Cc1ccc(C(c2ccc(C)cc2)(c2ccc(C)cc2)c2ccc(OCCOCCOCC[O+]=C3C=CC(=C4C=CC=CC=C4)C=C3)cc2)cc1.[O-][Cl+3]([O-])([O-])[O-]. The molecule has 0 aliphatic heterocycles. The molecule has 0 fully saturated rings. The molecule has 4 aromatic carbocycles. The van der Waals surface area contributed by atoms with Gasteiger partial charge in [0.05, 0.1) is 25.2 Å². The predicted molar refractivity (Wildman–Crippen MR) is 209 cm³/mol. The number of ketones is 1. The Morgan fingerprint density at radius 2 is 0.839 bits per heavy atom. The first-order valence-corrected chi connectivity index (χ1v) is 19.6. The van der Waals surface area contributed by atoms with Crippen LogP contribution in [0.3, 0.4) is 0 Å². The Balaban J connectivity index is 0.00000113. The van der Waals surface area contributed by atoms with Gasteiger partial charge in [-0.2, -0.15) is 0 Å². The zero-order valence-corrected chi connectivity index (χ0v) is 32.7. The lowest BCUT2D eigenvalue weighted by Crippen LogP contribution is -2.68. The first-order valence-electron chi connectivity index (χ1n) is 18.4. The number of ether oxygens (including phenoxy) is 3. The maximum Gasteiger partial charge on any atom is 0.343 e. The minimum atomic E-state index is -4.94. The van der Waals surface area contributed by atoms with Gasteiger partial charge in [0, 0.05) is 12.2 Å². The topological polar surface area (TPSA) is 131 Å². The fourth-order valence-corrected chi connectivity index (χ4v) is 6.41. The van der Waals surface area contributed by atoms with Crippen LogP contribution in [0.15, 0.2) is 169 Å². The van der Waals surface area contributed by atoms with Crippen LogP contribution in [0.1, 0.15) is 38.9 Å². The van der Waals surface area contributed by atoms with Crippen LogP contribution in [0.2, 0.25) is 0 Å². The zero-order chi connectivity index (χ0) is 39.8. The molecular formula is C47H47ClO8. The van der Waals surface area contributed by atoms with Crippen molar-refractivity contribution in [2.75, 3.05) is 39.6 Å². The summed E-state index contributed by atoms with van der Waals surface area (Å²) >= 11 is 0. The Morgan fingerprint density at radius 1 is 0.464 bits per heavy atom. The minimum absolute atomic E-state index is 0.457. The maximum absolute atomic E-state index is 8.49. The van der Waals surface area contributed by atoms with Crippen LogP contribution in [-0.4, -0.2) is 45.4 Å². The summed E-state index contributed by atoms with van der Waals surface area (Å²) in [5.41, 5.74) is 10.4. The average Bonchev–Trinajstić information content (AvgIpc) is 3.48. The van der Waals surface area contributed by atoms with Crippen molar-refractivity contribution in [2.24, 2.45) is 0 Å². The number of rotatable bonds is 14. The van der Waals surface area contributed by atoms with Crippen molar-refractivity contribution in [1.82, 2.24) is 0 Å². The summed E-state index contributed by atoms with van der Waals surface area (Å²) in [6.07, 6.45) is 20.5. The van der Waals surface area contributed by atoms with E-state index >= 15 is 0 Å². The average molecular weight is 775 g/mol. The first-order chi connectivity index (χ1) is 27.0. The van der Waals surface area contributed by atoms with Gasteiger partial charge in [0.25, 0.3) is 6.61 Å².